The molecule has 3 fully saturated rings. The van der Waals surface area contributed by atoms with Crippen LogP contribution in [0, 0.1) is 5.92 Å². The Balaban J connectivity index is 1.13. The zero-order valence-electron chi connectivity index (χ0n) is 33.5. The lowest BCUT2D eigenvalue weighted by Crippen LogP contribution is -2.55. The van der Waals surface area contributed by atoms with Crippen molar-refractivity contribution in [2.24, 2.45) is 5.92 Å². The van der Waals surface area contributed by atoms with E-state index in [1.807, 2.05) is 97.1 Å². The molecule has 13 heteroatoms. The van der Waals surface area contributed by atoms with Crippen LogP contribution in [-0.2, 0) is 25.1 Å². The highest BCUT2D eigenvalue weighted by Gasteiger charge is 2.66. The van der Waals surface area contributed by atoms with Gasteiger partial charge in [0.25, 0.3) is 0 Å². The van der Waals surface area contributed by atoms with E-state index in [1.54, 1.807) is 7.11 Å². The largest absolute Gasteiger partial charge is 0.497 e. The number of amides is 3. The molecule has 0 bridgehead atoms. The maximum atomic E-state index is 14.8. The first-order valence-corrected chi connectivity index (χ1v) is 22.8. The molecule has 0 spiro atoms. The molecule has 6 atom stereocenters. The summed E-state index contributed by atoms with van der Waals surface area (Å²) >= 11 is 0. The molecule has 2 aliphatic carbocycles. The molecule has 2 aliphatic heterocycles. The van der Waals surface area contributed by atoms with E-state index in [9.17, 15) is 23.8 Å². The minimum Gasteiger partial charge on any atom is -0.497 e. The second-order valence-electron chi connectivity index (χ2n) is 16.4. The number of nitrogens with zero attached hydrogens (tertiary/aromatic N) is 2. The second kappa shape index (κ2) is 17.6. The highest BCUT2D eigenvalue weighted by atomic mass is 31.2. The first kappa shape index (κ1) is 40.6. The molecular weight excluding hydrogens is 767 g/mol. The standard InChI is InChI=1S/C46H53N4O8P/c1-56-35-23-24-37-40(25-35)47-39(32-17-9-6-10-18-32)27-42(37)57-36-26-41-43(51)49-46(59(54,55)30-31-15-7-5-8-16-31)28-33(46)19-11-3-2-4-12-22-38(44(52)50(41)29-36)48-45(53)58-34-20-13-14-21-34/h5-11,15-19,23-25,27,33-34,36,38,41H,2-4,12-14,20-22,26,28-30H2,1H3,(H,48,53)(H,49,51)(H,54,55)/b19-11-/t33-,36-,38+,41+,46+/m1/s1. The predicted octanol–water partition coefficient (Wildman–Crippen LogP) is 8.12. The Morgan fingerprint density at radius 2 is 1.69 bits per heavy atom. The monoisotopic (exact) mass is 820 g/mol. The summed E-state index contributed by atoms with van der Waals surface area (Å²) in [6.07, 6.45) is 9.84. The number of pyridine rings is 1. The average Bonchev–Trinajstić information content (AvgIpc) is 3.49. The molecule has 0 radical (unpaired) electrons. The Bertz CT molecular complexity index is 2230. The lowest BCUT2D eigenvalue weighted by Gasteiger charge is -2.31. The highest BCUT2D eigenvalue weighted by Crippen LogP contribution is 2.71. The van der Waals surface area contributed by atoms with Gasteiger partial charge in [0.05, 0.1) is 31.0 Å². The van der Waals surface area contributed by atoms with E-state index in [-0.39, 0.29) is 31.1 Å². The van der Waals surface area contributed by atoms with Gasteiger partial charge in [-0.2, -0.15) is 0 Å². The van der Waals surface area contributed by atoms with E-state index >= 15 is 0 Å². The fourth-order valence-corrected chi connectivity index (χ4v) is 11.3. The fraction of sp³-hybridized carbons (Fsp3) is 0.435. The lowest BCUT2D eigenvalue weighted by atomic mass is 10.0. The fourth-order valence-electron chi connectivity index (χ4n) is 8.96. The number of rotatable bonds is 9. The van der Waals surface area contributed by atoms with Crippen molar-refractivity contribution in [3.05, 3.63) is 103 Å². The Morgan fingerprint density at radius 1 is 0.949 bits per heavy atom. The van der Waals surface area contributed by atoms with Gasteiger partial charge < -0.3 is 34.6 Å². The zero-order valence-corrected chi connectivity index (χ0v) is 34.4. The van der Waals surface area contributed by atoms with E-state index < -0.39 is 48.7 Å². The first-order chi connectivity index (χ1) is 28.6. The summed E-state index contributed by atoms with van der Waals surface area (Å²) < 4.78 is 32.5. The number of carbonyl (C=O) groups excluding carboxylic acids is 3. The van der Waals surface area contributed by atoms with Gasteiger partial charge in [0, 0.05) is 35.4 Å². The van der Waals surface area contributed by atoms with Gasteiger partial charge in [0.2, 0.25) is 19.2 Å². The molecule has 2 saturated carbocycles. The number of alkyl carbamates (subject to hydrolysis) is 1. The highest BCUT2D eigenvalue weighted by molar-refractivity contribution is 7.59. The topological polar surface area (TPSA) is 156 Å². The third kappa shape index (κ3) is 9.04. The molecule has 1 aromatic heterocycles. The third-order valence-corrected chi connectivity index (χ3v) is 14.9. The Kier molecular flexibility index (Phi) is 12.1. The molecule has 59 heavy (non-hydrogen) atoms. The van der Waals surface area contributed by atoms with Crippen molar-refractivity contribution in [1.29, 1.82) is 0 Å². The summed E-state index contributed by atoms with van der Waals surface area (Å²) in [5, 5.41) is 5.27. The van der Waals surface area contributed by atoms with Gasteiger partial charge in [0.1, 0.15) is 41.1 Å². The van der Waals surface area contributed by atoms with E-state index in [1.165, 1.54) is 4.90 Å². The van der Waals surface area contributed by atoms with Crippen LogP contribution in [-0.4, -0.2) is 75.9 Å². The number of methoxy groups -OCH3 is 1. The Hall–Kier alpha value is -5.19. The molecule has 310 valence electrons. The Morgan fingerprint density at radius 3 is 2.46 bits per heavy atom. The summed E-state index contributed by atoms with van der Waals surface area (Å²) in [5.41, 5.74) is 2.92. The van der Waals surface area contributed by atoms with Gasteiger partial charge in [0.15, 0.2) is 0 Å². The molecule has 3 heterocycles. The van der Waals surface area contributed by atoms with Crippen LogP contribution in [0.15, 0.2) is 97.1 Å². The predicted molar refractivity (Wildman–Crippen MR) is 225 cm³/mol. The van der Waals surface area contributed by atoms with Crippen molar-refractivity contribution >= 4 is 36.2 Å². The lowest BCUT2D eigenvalue weighted by molar-refractivity contribution is -0.140. The molecular formula is C46H53N4O8P. The van der Waals surface area contributed by atoms with Crippen LogP contribution in [0.25, 0.3) is 22.2 Å². The number of fused-ring (bicyclic) bond motifs is 3. The van der Waals surface area contributed by atoms with Gasteiger partial charge in [-0.3, -0.25) is 14.2 Å². The van der Waals surface area contributed by atoms with Crippen molar-refractivity contribution in [1.82, 2.24) is 20.5 Å². The van der Waals surface area contributed by atoms with Gasteiger partial charge >= 0.3 is 6.09 Å². The van der Waals surface area contributed by atoms with E-state index in [2.05, 4.69) is 10.6 Å². The number of ether oxygens (including phenoxy) is 3. The molecule has 3 aromatic carbocycles. The van der Waals surface area contributed by atoms with Gasteiger partial charge in [-0.05, 0) is 69.1 Å². The molecule has 1 unspecified atom stereocenters. The SMILES string of the molecule is COc1ccc2c(O[C@@H]3C[C@H]4C(=O)N[C@]5(P(=O)(O)Cc6ccccc6)C[C@H]5/C=C\CCCCC[C@H](NC(=O)OC5CCCC5)C(=O)N4C3)cc(-c3ccccc3)nc2c1. The van der Waals surface area contributed by atoms with E-state index in [4.69, 9.17) is 19.2 Å². The van der Waals surface area contributed by atoms with Crippen LogP contribution >= 0.6 is 7.37 Å². The first-order valence-electron chi connectivity index (χ1n) is 21.0. The summed E-state index contributed by atoms with van der Waals surface area (Å²) in [4.78, 5) is 61.1. The van der Waals surface area contributed by atoms with Crippen molar-refractivity contribution in [2.75, 3.05) is 13.7 Å². The van der Waals surface area contributed by atoms with Crippen molar-refractivity contribution in [3.8, 4) is 22.8 Å². The van der Waals surface area contributed by atoms with Gasteiger partial charge in [-0.25, -0.2) is 9.78 Å². The summed E-state index contributed by atoms with van der Waals surface area (Å²) in [7, 11) is -2.45. The van der Waals surface area contributed by atoms with Gasteiger partial charge in [-0.15, -0.1) is 0 Å². The summed E-state index contributed by atoms with van der Waals surface area (Å²) in [5.74, 6) is -0.127. The minimum absolute atomic E-state index is 0.0462. The average molecular weight is 821 g/mol. The number of benzene rings is 3. The number of aromatic nitrogens is 1. The van der Waals surface area contributed by atoms with Crippen LogP contribution in [0.5, 0.6) is 11.5 Å². The van der Waals surface area contributed by atoms with Crippen LogP contribution in [0.2, 0.25) is 0 Å². The van der Waals surface area contributed by atoms with Crippen molar-refractivity contribution < 1.29 is 38.1 Å². The van der Waals surface area contributed by atoms with E-state index in [0.29, 0.717) is 47.5 Å². The molecule has 8 rings (SSSR count). The number of hydrogen-bond acceptors (Lipinski definition) is 8. The maximum absolute atomic E-state index is 14.8. The summed E-state index contributed by atoms with van der Waals surface area (Å²) in [6, 6.07) is 24.3. The van der Waals surface area contributed by atoms with Crippen LogP contribution in [0.3, 0.4) is 0 Å². The quantitative estimate of drug-likeness (QED) is 0.112. The van der Waals surface area contributed by atoms with Crippen molar-refractivity contribution in [2.45, 2.75) is 106 Å². The normalized spacial score (nSPS) is 26.6. The third-order valence-electron chi connectivity index (χ3n) is 12.3. The smallest absolute Gasteiger partial charge is 0.408 e. The number of nitrogens with one attached hydrogen (secondary N) is 2. The number of hydrogen-bond donors (Lipinski definition) is 3. The summed E-state index contributed by atoms with van der Waals surface area (Å²) in [6.45, 7) is 0.0462. The Labute approximate surface area is 345 Å². The molecule has 3 amide bonds. The van der Waals surface area contributed by atoms with Crippen LogP contribution in [0.1, 0.15) is 76.2 Å². The molecule has 12 nitrogen and oxygen atoms in total. The van der Waals surface area contributed by atoms with Crippen LogP contribution in [0.4, 0.5) is 4.79 Å². The minimum atomic E-state index is -4.04. The van der Waals surface area contributed by atoms with Crippen molar-refractivity contribution in [3.63, 3.8) is 0 Å². The molecule has 4 aromatic rings. The van der Waals surface area contributed by atoms with Gasteiger partial charge in [-0.1, -0.05) is 85.7 Å². The van der Waals surface area contributed by atoms with E-state index in [0.717, 1.165) is 55.9 Å². The maximum Gasteiger partial charge on any atom is 0.408 e. The van der Waals surface area contributed by atoms with Crippen LogP contribution < -0.4 is 20.1 Å². The second-order valence-corrected chi connectivity index (χ2v) is 18.9. The molecule has 1 saturated heterocycles. The molecule has 3 N–H and O–H groups in total. The molecule has 4 aliphatic rings. The number of carbonyl (C=O) groups is 3. The number of allylic oxidation sites excluding steroid dienone is 1. The zero-order chi connectivity index (χ0) is 41.0.